The molecule has 0 unspecified atom stereocenters. The van der Waals surface area contributed by atoms with Crippen molar-refractivity contribution in [3.63, 3.8) is 0 Å². The lowest BCUT2D eigenvalue weighted by Gasteiger charge is -2.42. The molecule has 8 rings (SSSR count). The first-order valence-electron chi connectivity index (χ1n) is 15.1. The minimum absolute atomic E-state index is 0.0846. The summed E-state index contributed by atoms with van der Waals surface area (Å²) in [4.78, 5) is 39.3. The Balaban J connectivity index is 1.03. The van der Waals surface area contributed by atoms with Crippen molar-refractivity contribution >= 4 is 34.4 Å². The Morgan fingerprint density at radius 2 is 1.88 bits per heavy atom. The van der Waals surface area contributed by atoms with Crippen molar-refractivity contribution in [2.75, 3.05) is 49.7 Å². The predicted octanol–water partition coefficient (Wildman–Crippen LogP) is 2.36. The van der Waals surface area contributed by atoms with Crippen molar-refractivity contribution < 1.29 is 14.6 Å². The number of fused-ring (bicyclic) bond motifs is 4. The van der Waals surface area contributed by atoms with Gasteiger partial charge in [0, 0.05) is 67.9 Å². The molecule has 3 aromatic rings. The SMILES string of the molecule is O=C([C@@H]1CCN1CCO)N1CCc2nc(Nc3ncc4cc(C5COC5)nc(N5C6CCC5CC6)c4n3)ccc2C1. The summed E-state index contributed by atoms with van der Waals surface area (Å²) in [6, 6.07) is 7.12. The number of anilines is 3. The summed E-state index contributed by atoms with van der Waals surface area (Å²) in [5, 5.41) is 13.6. The van der Waals surface area contributed by atoms with Gasteiger partial charge in [0.1, 0.15) is 11.3 Å². The van der Waals surface area contributed by atoms with Gasteiger partial charge in [0.2, 0.25) is 11.9 Å². The first-order valence-corrected chi connectivity index (χ1v) is 15.1. The molecule has 1 amide bonds. The zero-order valence-corrected chi connectivity index (χ0v) is 23.2. The molecule has 4 fully saturated rings. The Hall–Kier alpha value is -3.41. The molecule has 4 saturated heterocycles. The van der Waals surface area contributed by atoms with E-state index in [0.29, 0.717) is 55.8 Å². The number of amides is 1. The number of nitrogens with one attached hydrogen (secondary N) is 1. The molecule has 0 spiro atoms. The van der Waals surface area contributed by atoms with Crippen LogP contribution in [0.25, 0.3) is 10.9 Å². The maximum absolute atomic E-state index is 13.1. The molecule has 0 aromatic carbocycles. The molecule has 8 heterocycles. The van der Waals surface area contributed by atoms with E-state index < -0.39 is 0 Å². The van der Waals surface area contributed by atoms with Gasteiger partial charge in [0.05, 0.1) is 31.6 Å². The van der Waals surface area contributed by atoms with Crippen LogP contribution in [0.15, 0.2) is 24.4 Å². The second-order valence-corrected chi connectivity index (χ2v) is 12.1. The molecule has 214 valence electrons. The van der Waals surface area contributed by atoms with E-state index in [1.165, 1.54) is 25.7 Å². The van der Waals surface area contributed by atoms with Crippen molar-refractivity contribution in [3.05, 3.63) is 41.3 Å². The largest absolute Gasteiger partial charge is 0.395 e. The number of carbonyl (C=O) groups is 1. The summed E-state index contributed by atoms with van der Waals surface area (Å²) in [6.45, 7) is 4.19. The van der Waals surface area contributed by atoms with Crippen LogP contribution in [0.4, 0.5) is 17.6 Å². The summed E-state index contributed by atoms with van der Waals surface area (Å²) < 4.78 is 5.46. The van der Waals surface area contributed by atoms with E-state index in [1.807, 2.05) is 17.2 Å². The van der Waals surface area contributed by atoms with Crippen LogP contribution in [0.1, 0.15) is 55.0 Å². The number of rotatable bonds is 7. The average molecular weight is 557 g/mol. The lowest BCUT2D eigenvalue weighted by molar-refractivity contribution is -0.143. The van der Waals surface area contributed by atoms with Crippen molar-refractivity contribution in [2.45, 2.75) is 69.1 Å². The molecule has 2 N–H and O–H groups in total. The van der Waals surface area contributed by atoms with Gasteiger partial charge < -0.3 is 25.0 Å². The van der Waals surface area contributed by atoms with E-state index in [2.05, 4.69) is 32.2 Å². The van der Waals surface area contributed by atoms with Gasteiger partial charge in [-0.1, -0.05) is 6.07 Å². The van der Waals surface area contributed by atoms with E-state index in [0.717, 1.165) is 59.9 Å². The topological polar surface area (TPSA) is 120 Å². The highest BCUT2D eigenvalue weighted by Crippen LogP contribution is 2.43. The van der Waals surface area contributed by atoms with E-state index in [4.69, 9.17) is 19.7 Å². The van der Waals surface area contributed by atoms with Gasteiger partial charge in [0.15, 0.2) is 5.82 Å². The van der Waals surface area contributed by atoms with Crippen LogP contribution >= 0.6 is 0 Å². The first-order chi connectivity index (χ1) is 20.1. The third-order valence-electron chi connectivity index (χ3n) is 9.72. The quantitative estimate of drug-likeness (QED) is 0.449. The van der Waals surface area contributed by atoms with Gasteiger partial charge in [-0.25, -0.2) is 19.9 Å². The van der Waals surface area contributed by atoms with E-state index in [1.54, 1.807) is 0 Å². The summed E-state index contributed by atoms with van der Waals surface area (Å²) in [7, 11) is 0. The maximum Gasteiger partial charge on any atom is 0.240 e. The third kappa shape index (κ3) is 4.41. The molecule has 11 heteroatoms. The summed E-state index contributed by atoms with van der Waals surface area (Å²) >= 11 is 0. The summed E-state index contributed by atoms with van der Waals surface area (Å²) in [5.41, 5.74) is 4.05. The van der Waals surface area contributed by atoms with Gasteiger partial charge >= 0.3 is 0 Å². The van der Waals surface area contributed by atoms with Gasteiger partial charge in [-0.05, 0) is 49.8 Å². The number of nitrogens with zero attached hydrogens (tertiary/aromatic N) is 7. The van der Waals surface area contributed by atoms with Gasteiger partial charge in [0.25, 0.3) is 0 Å². The smallest absolute Gasteiger partial charge is 0.240 e. The number of β-amino-alcohol motifs (C(OH)–C–C–N with tert-alkyl or cyclic N) is 1. The molecule has 0 radical (unpaired) electrons. The Morgan fingerprint density at radius 1 is 1.05 bits per heavy atom. The third-order valence-corrected chi connectivity index (χ3v) is 9.72. The van der Waals surface area contributed by atoms with Gasteiger partial charge in [-0.15, -0.1) is 0 Å². The molecule has 41 heavy (non-hydrogen) atoms. The minimum Gasteiger partial charge on any atom is -0.395 e. The zero-order chi connectivity index (χ0) is 27.5. The van der Waals surface area contributed by atoms with Crippen LogP contribution in [-0.2, 0) is 22.5 Å². The fourth-order valence-electron chi connectivity index (χ4n) is 7.27. The van der Waals surface area contributed by atoms with Crippen molar-refractivity contribution in [1.29, 1.82) is 0 Å². The molecular formula is C30H36N8O3. The van der Waals surface area contributed by atoms with Crippen LogP contribution in [-0.4, -0.2) is 98.3 Å². The normalized spacial score (nSPS) is 25.7. The van der Waals surface area contributed by atoms with Gasteiger partial charge in [-0.3, -0.25) is 9.69 Å². The number of pyridine rings is 2. The van der Waals surface area contributed by atoms with Crippen LogP contribution < -0.4 is 10.2 Å². The van der Waals surface area contributed by atoms with E-state index in [9.17, 15) is 9.90 Å². The number of ether oxygens (including phenoxy) is 1. The van der Waals surface area contributed by atoms with Crippen molar-refractivity contribution in [1.82, 2.24) is 29.7 Å². The molecule has 5 aliphatic heterocycles. The summed E-state index contributed by atoms with van der Waals surface area (Å²) in [5.74, 6) is 2.71. The molecule has 0 saturated carbocycles. The Kier molecular flexibility index (Phi) is 6.26. The number of hydrogen-bond donors (Lipinski definition) is 2. The van der Waals surface area contributed by atoms with Crippen molar-refractivity contribution in [2.24, 2.45) is 0 Å². The summed E-state index contributed by atoms with van der Waals surface area (Å²) in [6.07, 6.45) is 8.38. The lowest BCUT2D eigenvalue weighted by atomic mass is 9.99. The van der Waals surface area contributed by atoms with E-state index >= 15 is 0 Å². The predicted molar refractivity (Wildman–Crippen MR) is 153 cm³/mol. The Morgan fingerprint density at radius 3 is 2.59 bits per heavy atom. The number of carbonyl (C=O) groups excluding carboxylic acids is 1. The molecule has 5 aliphatic rings. The number of aliphatic hydroxyl groups excluding tert-OH is 1. The number of aliphatic hydroxyl groups is 1. The Labute approximate surface area is 238 Å². The lowest BCUT2D eigenvalue weighted by Crippen LogP contribution is -2.58. The molecular weight excluding hydrogens is 520 g/mol. The highest BCUT2D eigenvalue weighted by molar-refractivity contribution is 5.90. The fourth-order valence-corrected chi connectivity index (χ4v) is 7.27. The van der Waals surface area contributed by atoms with Crippen LogP contribution in [0, 0.1) is 0 Å². The Bertz CT molecular complexity index is 1480. The second kappa shape index (κ2) is 10.1. The molecule has 0 aliphatic carbocycles. The maximum atomic E-state index is 13.1. The monoisotopic (exact) mass is 556 g/mol. The van der Waals surface area contributed by atoms with Gasteiger partial charge in [-0.2, -0.15) is 0 Å². The van der Waals surface area contributed by atoms with Crippen molar-refractivity contribution in [3.8, 4) is 0 Å². The first kappa shape index (κ1) is 25.3. The molecule has 2 bridgehead atoms. The molecule has 3 aromatic heterocycles. The number of aromatic nitrogens is 4. The fraction of sp³-hybridized carbons (Fsp3) is 0.567. The zero-order valence-electron chi connectivity index (χ0n) is 23.2. The second-order valence-electron chi connectivity index (χ2n) is 12.1. The average Bonchev–Trinajstić information content (AvgIpc) is 3.54. The minimum atomic E-state index is -0.101. The van der Waals surface area contributed by atoms with Crippen LogP contribution in [0.2, 0.25) is 0 Å². The van der Waals surface area contributed by atoms with Crippen LogP contribution in [0.3, 0.4) is 0 Å². The highest BCUT2D eigenvalue weighted by Gasteiger charge is 2.41. The molecule has 1 atom stereocenters. The van der Waals surface area contributed by atoms with Crippen LogP contribution in [0.5, 0.6) is 0 Å². The molecule has 11 nitrogen and oxygen atoms in total. The number of likely N-dealkylation sites (tertiary alicyclic amines) is 1. The van der Waals surface area contributed by atoms with E-state index in [-0.39, 0.29) is 18.6 Å². The standard InChI is InChI=1S/C30H36N8O3/c39-12-11-36-10-8-25(36)29(40)37-9-7-23-18(15-37)1-6-26(32-23)34-30-31-14-19-13-24(20-16-41-17-20)33-28(27(19)35-30)38-21-2-3-22(38)5-4-21/h1,6,13-14,20-22,25,39H,2-5,7-12,15-17H2,(H,31,32,34,35)/t21?,22?,25-/m0/s1. The highest BCUT2D eigenvalue weighted by atomic mass is 16.5. The number of hydrogen-bond acceptors (Lipinski definition) is 10.